The summed E-state index contributed by atoms with van der Waals surface area (Å²) in [5, 5.41) is 7.95. The summed E-state index contributed by atoms with van der Waals surface area (Å²) in [6, 6.07) is 16.8. The number of aliphatic imine (C=N–C) groups is 1. The van der Waals surface area contributed by atoms with Crippen LogP contribution < -0.4 is 10.2 Å². The third-order valence-electron chi connectivity index (χ3n) is 5.48. The van der Waals surface area contributed by atoms with Gasteiger partial charge in [0.15, 0.2) is 11.8 Å². The van der Waals surface area contributed by atoms with E-state index in [0.717, 1.165) is 61.5 Å². The van der Waals surface area contributed by atoms with E-state index in [4.69, 9.17) is 4.99 Å². The summed E-state index contributed by atoms with van der Waals surface area (Å²) >= 11 is 0. The van der Waals surface area contributed by atoms with Crippen LogP contribution in [0.4, 0.5) is 5.69 Å². The third kappa shape index (κ3) is 5.05. The Kier molecular flexibility index (Phi) is 6.50. The highest BCUT2D eigenvalue weighted by atomic mass is 15.3. The number of benzene rings is 1. The second-order valence-corrected chi connectivity index (χ2v) is 7.84. The average molecular weight is 418 g/mol. The van der Waals surface area contributed by atoms with Gasteiger partial charge in [-0.3, -0.25) is 0 Å². The SMILES string of the molecule is CCNC(=NCc1ccc(-n2nc(C)cc2C)nc1)N1CCN(c2ccccc2)CC1. The lowest BCUT2D eigenvalue weighted by Gasteiger charge is -2.37. The van der Waals surface area contributed by atoms with E-state index >= 15 is 0 Å². The van der Waals surface area contributed by atoms with Crippen LogP contribution in [0.5, 0.6) is 0 Å². The number of para-hydroxylation sites is 1. The number of guanidine groups is 1. The zero-order valence-corrected chi connectivity index (χ0v) is 18.6. The summed E-state index contributed by atoms with van der Waals surface area (Å²) in [5.41, 5.74) is 4.46. The van der Waals surface area contributed by atoms with Gasteiger partial charge in [-0.15, -0.1) is 0 Å². The second kappa shape index (κ2) is 9.64. The van der Waals surface area contributed by atoms with Gasteiger partial charge in [0, 0.05) is 50.3 Å². The highest BCUT2D eigenvalue weighted by Gasteiger charge is 2.19. The first kappa shape index (κ1) is 20.9. The number of piperazine rings is 1. The number of nitrogens with one attached hydrogen (secondary N) is 1. The highest BCUT2D eigenvalue weighted by Crippen LogP contribution is 2.16. The topological polar surface area (TPSA) is 61.6 Å². The number of aromatic nitrogens is 3. The molecule has 7 heteroatoms. The third-order valence-corrected chi connectivity index (χ3v) is 5.48. The van der Waals surface area contributed by atoms with E-state index in [0.29, 0.717) is 6.54 Å². The molecule has 1 N–H and O–H groups in total. The van der Waals surface area contributed by atoms with Gasteiger partial charge in [0.05, 0.1) is 12.2 Å². The zero-order valence-electron chi connectivity index (χ0n) is 18.6. The number of hydrogen-bond donors (Lipinski definition) is 1. The Bertz CT molecular complexity index is 1000. The summed E-state index contributed by atoms with van der Waals surface area (Å²) in [6.45, 7) is 11.5. The predicted molar refractivity (Wildman–Crippen MR) is 126 cm³/mol. The molecular weight excluding hydrogens is 386 g/mol. The largest absolute Gasteiger partial charge is 0.368 e. The van der Waals surface area contributed by atoms with E-state index in [1.165, 1.54) is 5.69 Å². The molecule has 1 saturated heterocycles. The lowest BCUT2D eigenvalue weighted by molar-refractivity contribution is 0.372. The smallest absolute Gasteiger partial charge is 0.194 e. The first-order chi connectivity index (χ1) is 15.1. The number of rotatable bonds is 5. The van der Waals surface area contributed by atoms with Crippen LogP contribution in [0.2, 0.25) is 0 Å². The van der Waals surface area contributed by atoms with Gasteiger partial charge < -0.3 is 15.1 Å². The molecule has 0 bridgehead atoms. The minimum absolute atomic E-state index is 0.603. The van der Waals surface area contributed by atoms with Crippen LogP contribution in [0.3, 0.4) is 0 Å². The molecule has 0 saturated carbocycles. The molecule has 162 valence electrons. The maximum absolute atomic E-state index is 4.88. The van der Waals surface area contributed by atoms with Gasteiger partial charge in [0.25, 0.3) is 0 Å². The fraction of sp³-hybridized carbons (Fsp3) is 0.375. The Morgan fingerprint density at radius 3 is 2.42 bits per heavy atom. The van der Waals surface area contributed by atoms with Crippen molar-refractivity contribution in [3.8, 4) is 5.82 Å². The average Bonchev–Trinajstić information content (AvgIpc) is 3.15. The predicted octanol–water partition coefficient (Wildman–Crippen LogP) is 3.17. The number of hydrogen-bond acceptors (Lipinski definition) is 4. The molecule has 3 aromatic rings. The molecule has 1 fully saturated rings. The van der Waals surface area contributed by atoms with Gasteiger partial charge in [0.2, 0.25) is 0 Å². The van der Waals surface area contributed by atoms with Gasteiger partial charge >= 0.3 is 0 Å². The van der Waals surface area contributed by atoms with Gasteiger partial charge in [-0.05, 0) is 50.6 Å². The van der Waals surface area contributed by atoms with E-state index in [-0.39, 0.29) is 0 Å². The van der Waals surface area contributed by atoms with Gasteiger partial charge in [-0.1, -0.05) is 24.3 Å². The van der Waals surface area contributed by atoms with Crippen molar-refractivity contribution >= 4 is 11.6 Å². The molecule has 4 rings (SSSR count). The first-order valence-corrected chi connectivity index (χ1v) is 11.0. The summed E-state index contributed by atoms with van der Waals surface area (Å²) in [5.74, 6) is 1.81. The Labute approximate surface area is 184 Å². The maximum atomic E-state index is 4.88. The quantitative estimate of drug-likeness (QED) is 0.510. The lowest BCUT2D eigenvalue weighted by Crippen LogP contribution is -2.52. The summed E-state index contributed by atoms with van der Waals surface area (Å²) in [4.78, 5) is 14.3. The first-order valence-electron chi connectivity index (χ1n) is 11.0. The molecule has 31 heavy (non-hydrogen) atoms. The van der Waals surface area contributed by atoms with Crippen LogP contribution in [-0.4, -0.2) is 58.3 Å². The van der Waals surface area contributed by atoms with Crippen molar-refractivity contribution in [2.24, 2.45) is 4.99 Å². The number of anilines is 1. The van der Waals surface area contributed by atoms with Crippen molar-refractivity contribution in [3.05, 3.63) is 71.7 Å². The van der Waals surface area contributed by atoms with Gasteiger partial charge in [0.1, 0.15) is 0 Å². The molecule has 1 aliphatic rings. The molecule has 7 nitrogen and oxygen atoms in total. The second-order valence-electron chi connectivity index (χ2n) is 7.84. The molecule has 0 amide bonds. The molecule has 0 radical (unpaired) electrons. The van der Waals surface area contributed by atoms with Crippen molar-refractivity contribution < 1.29 is 0 Å². The van der Waals surface area contributed by atoms with Crippen molar-refractivity contribution in [3.63, 3.8) is 0 Å². The standard InChI is InChI=1S/C24H31N7/c1-4-25-24(30-14-12-29(13-15-30)22-8-6-5-7-9-22)27-18-21-10-11-23(26-17-21)31-20(3)16-19(2)28-31/h5-11,16-17H,4,12-15,18H2,1-3H3,(H,25,27). The minimum atomic E-state index is 0.603. The van der Waals surface area contributed by atoms with Crippen LogP contribution in [0.25, 0.3) is 5.82 Å². The van der Waals surface area contributed by atoms with Crippen molar-refractivity contribution in [2.45, 2.75) is 27.3 Å². The van der Waals surface area contributed by atoms with Crippen LogP contribution in [-0.2, 0) is 6.54 Å². The fourth-order valence-electron chi connectivity index (χ4n) is 3.90. The van der Waals surface area contributed by atoms with Crippen molar-refractivity contribution in [1.82, 2.24) is 25.0 Å². The van der Waals surface area contributed by atoms with Crippen LogP contribution in [0, 0.1) is 13.8 Å². The molecule has 3 heterocycles. The van der Waals surface area contributed by atoms with Crippen LogP contribution >= 0.6 is 0 Å². The maximum Gasteiger partial charge on any atom is 0.194 e. The fourth-order valence-corrected chi connectivity index (χ4v) is 3.90. The molecule has 0 atom stereocenters. The molecule has 1 aromatic carbocycles. The number of aryl methyl sites for hydroxylation is 2. The molecule has 0 aliphatic carbocycles. The zero-order chi connectivity index (χ0) is 21.6. The number of nitrogens with zero attached hydrogens (tertiary/aromatic N) is 6. The Morgan fingerprint density at radius 1 is 1.03 bits per heavy atom. The molecule has 2 aromatic heterocycles. The van der Waals surface area contributed by atoms with E-state index < -0.39 is 0 Å². The minimum Gasteiger partial charge on any atom is -0.368 e. The van der Waals surface area contributed by atoms with E-state index in [1.807, 2.05) is 30.8 Å². The normalized spacial score (nSPS) is 14.7. The summed E-state index contributed by atoms with van der Waals surface area (Å²) < 4.78 is 1.87. The Morgan fingerprint density at radius 2 is 1.81 bits per heavy atom. The molecule has 1 aliphatic heterocycles. The van der Waals surface area contributed by atoms with E-state index in [1.54, 1.807) is 0 Å². The van der Waals surface area contributed by atoms with E-state index in [9.17, 15) is 0 Å². The van der Waals surface area contributed by atoms with E-state index in [2.05, 4.69) is 74.6 Å². The molecule has 0 spiro atoms. The molecule has 0 unspecified atom stereocenters. The van der Waals surface area contributed by atoms with Gasteiger partial charge in [-0.25, -0.2) is 14.7 Å². The summed E-state index contributed by atoms with van der Waals surface area (Å²) in [6.07, 6.45) is 1.90. The summed E-state index contributed by atoms with van der Waals surface area (Å²) in [7, 11) is 0. The Hall–Kier alpha value is -3.35. The lowest BCUT2D eigenvalue weighted by atomic mass is 10.2. The highest BCUT2D eigenvalue weighted by molar-refractivity contribution is 5.80. The van der Waals surface area contributed by atoms with Crippen molar-refractivity contribution in [1.29, 1.82) is 0 Å². The van der Waals surface area contributed by atoms with Crippen LogP contribution in [0.1, 0.15) is 23.9 Å². The van der Waals surface area contributed by atoms with Crippen LogP contribution in [0.15, 0.2) is 59.7 Å². The number of pyridine rings is 1. The monoisotopic (exact) mass is 417 g/mol. The molecular formula is C24H31N7. The Balaban J connectivity index is 1.39. The van der Waals surface area contributed by atoms with Crippen molar-refractivity contribution in [2.75, 3.05) is 37.6 Å². The van der Waals surface area contributed by atoms with Gasteiger partial charge in [-0.2, -0.15) is 5.10 Å².